The van der Waals surface area contributed by atoms with Crippen LogP contribution in [0.2, 0.25) is 0 Å². The largest absolute Gasteiger partial charge is 0.355 e. The van der Waals surface area contributed by atoms with Gasteiger partial charge in [0.05, 0.1) is 34.0 Å². The van der Waals surface area contributed by atoms with E-state index < -0.39 is 0 Å². The average molecular weight is 914 g/mol. The Labute approximate surface area is 352 Å². The Bertz CT molecular complexity index is 2810. The van der Waals surface area contributed by atoms with Gasteiger partial charge in [0, 0.05) is 42.1 Å². The van der Waals surface area contributed by atoms with Gasteiger partial charge in [-0.15, -0.1) is 22.7 Å². The topological polar surface area (TPSA) is 105 Å². The van der Waals surface area contributed by atoms with Crippen LogP contribution in [-0.2, 0) is 0 Å². The first-order chi connectivity index (χ1) is 27.9. The standard InChI is InChI=1S/C44H31Br2N7O2S2/c45-32-21-15-29(16-22-32)39-27-56-43(48-34-9-3-1-4-10-34)52(39)50-41(54)31-19-25-36(26-20-31)47-38-14-8-7-13-37(38)42(55)51-53-40(30-17-23-33(46)24-18-30)28-57-44(53)49-35-11-5-2-6-12-35/h1-28,47H,(H,50,54)(H,51,55). The summed E-state index contributed by atoms with van der Waals surface area (Å²) in [5, 5.41) is 7.33. The molecule has 0 atom stereocenters. The third-order valence-corrected chi connectivity index (χ3v) is 11.4. The summed E-state index contributed by atoms with van der Waals surface area (Å²) in [4.78, 5) is 38.7. The Morgan fingerprint density at radius 2 is 0.965 bits per heavy atom. The fourth-order valence-electron chi connectivity index (χ4n) is 5.84. The van der Waals surface area contributed by atoms with Crippen LogP contribution < -0.4 is 25.8 Å². The van der Waals surface area contributed by atoms with Crippen molar-refractivity contribution in [2.75, 3.05) is 16.2 Å². The highest BCUT2D eigenvalue weighted by Gasteiger charge is 2.17. The van der Waals surface area contributed by atoms with Gasteiger partial charge in [-0.25, -0.2) is 19.3 Å². The van der Waals surface area contributed by atoms with Crippen molar-refractivity contribution in [3.63, 3.8) is 0 Å². The molecule has 8 rings (SSSR count). The van der Waals surface area contributed by atoms with E-state index in [0.717, 1.165) is 42.8 Å². The third-order valence-electron chi connectivity index (χ3n) is 8.68. The van der Waals surface area contributed by atoms with E-state index in [4.69, 9.17) is 9.98 Å². The molecule has 8 aromatic rings. The minimum atomic E-state index is -0.327. The molecule has 6 aromatic carbocycles. The molecule has 9 nitrogen and oxygen atoms in total. The zero-order chi connectivity index (χ0) is 39.1. The van der Waals surface area contributed by atoms with Crippen molar-refractivity contribution in [2.24, 2.45) is 9.98 Å². The summed E-state index contributed by atoms with van der Waals surface area (Å²) in [5.74, 6) is -0.634. The molecular formula is C44H31Br2N7O2S2. The van der Waals surface area contributed by atoms with Crippen molar-refractivity contribution in [2.45, 2.75) is 0 Å². The second-order valence-corrected chi connectivity index (χ2v) is 16.0. The van der Waals surface area contributed by atoms with E-state index in [1.54, 1.807) is 27.6 Å². The van der Waals surface area contributed by atoms with E-state index in [2.05, 4.69) is 48.0 Å². The van der Waals surface area contributed by atoms with Gasteiger partial charge < -0.3 is 5.32 Å². The molecule has 280 valence electrons. The van der Waals surface area contributed by atoms with Crippen LogP contribution in [0, 0.1) is 0 Å². The van der Waals surface area contributed by atoms with E-state index in [-0.39, 0.29) is 11.8 Å². The molecule has 0 bridgehead atoms. The highest BCUT2D eigenvalue weighted by atomic mass is 79.9. The minimum Gasteiger partial charge on any atom is -0.355 e. The van der Waals surface area contributed by atoms with E-state index in [9.17, 15) is 9.59 Å². The first-order valence-electron chi connectivity index (χ1n) is 17.6. The first kappa shape index (κ1) is 37.8. The van der Waals surface area contributed by atoms with E-state index in [1.165, 1.54) is 22.7 Å². The summed E-state index contributed by atoms with van der Waals surface area (Å²) in [5.41, 5.74) is 13.3. The van der Waals surface area contributed by atoms with Gasteiger partial charge >= 0.3 is 0 Å². The summed E-state index contributed by atoms with van der Waals surface area (Å²) in [7, 11) is 0. The number of nitrogens with one attached hydrogen (secondary N) is 3. The van der Waals surface area contributed by atoms with Crippen molar-refractivity contribution in [3.8, 4) is 22.5 Å². The van der Waals surface area contributed by atoms with Gasteiger partial charge in [-0.05, 0) is 84.9 Å². The molecule has 0 fully saturated rings. The van der Waals surface area contributed by atoms with Crippen LogP contribution in [0.3, 0.4) is 0 Å². The highest BCUT2D eigenvalue weighted by Crippen LogP contribution is 2.26. The van der Waals surface area contributed by atoms with Gasteiger partial charge in [-0.1, -0.05) is 105 Å². The number of aromatic nitrogens is 2. The Morgan fingerprint density at radius 1 is 0.509 bits per heavy atom. The summed E-state index contributed by atoms with van der Waals surface area (Å²) in [6, 6.07) is 49.4. The number of hydrogen-bond donors (Lipinski definition) is 3. The maximum atomic E-state index is 14.1. The SMILES string of the molecule is O=C(Nn1c(-c2ccc(Br)cc2)csc1=Nc1ccccc1)c1ccc(Nc2ccccc2C(=O)Nn2c(-c3ccc(Br)cc3)csc2=Nc2ccccc2)cc1. The molecule has 2 amide bonds. The predicted molar refractivity (Wildman–Crippen MR) is 238 cm³/mol. The second kappa shape index (κ2) is 17.3. The average Bonchev–Trinajstić information content (AvgIpc) is 3.82. The zero-order valence-electron chi connectivity index (χ0n) is 29.8. The van der Waals surface area contributed by atoms with Crippen molar-refractivity contribution in [3.05, 3.63) is 198 Å². The van der Waals surface area contributed by atoms with Crippen LogP contribution in [0.4, 0.5) is 22.7 Å². The summed E-state index contributed by atoms with van der Waals surface area (Å²) in [6.45, 7) is 0. The molecule has 2 aromatic heterocycles. The van der Waals surface area contributed by atoms with E-state index in [1.807, 2.05) is 150 Å². The predicted octanol–water partition coefficient (Wildman–Crippen LogP) is 11.2. The molecule has 0 aliphatic rings. The monoisotopic (exact) mass is 911 g/mol. The number of anilines is 2. The number of thiazole rings is 2. The lowest BCUT2D eigenvalue weighted by atomic mass is 10.1. The number of rotatable bonds is 10. The number of para-hydroxylation sites is 3. The molecule has 2 heterocycles. The lowest BCUT2D eigenvalue weighted by Gasteiger charge is -2.15. The van der Waals surface area contributed by atoms with Gasteiger partial charge in [0.1, 0.15) is 0 Å². The van der Waals surface area contributed by atoms with Crippen LogP contribution in [0.15, 0.2) is 187 Å². The number of halogens is 2. The number of carbonyl (C=O) groups is 2. The quantitative estimate of drug-likeness (QED) is 0.127. The molecule has 0 saturated heterocycles. The molecule has 0 saturated carbocycles. The second-order valence-electron chi connectivity index (χ2n) is 12.5. The number of carbonyl (C=O) groups excluding carboxylic acids is 2. The Kier molecular flexibility index (Phi) is 11.5. The molecule has 0 radical (unpaired) electrons. The Morgan fingerprint density at radius 3 is 1.47 bits per heavy atom. The van der Waals surface area contributed by atoms with Crippen molar-refractivity contribution in [1.82, 2.24) is 9.35 Å². The third kappa shape index (κ3) is 8.97. The molecule has 0 unspecified atom stereocenters. The van der Waals surface area contributed by atoms with Crippen LogP contribution >= 0.6 is 54.5 Å². The highest BCUT2D eigenvalue weighted by molar-refractivity contribution is 9.10. The normalized spacial score (nSPS) is 11.7. The van der Waals surface area contributed by atoms with Gasteiger partial charge in [0.15, 0.2) is 0 Å². The van der Waals surface area contributed by atoms with Gasteiger partial charge in [0.25, 0.3) is 11.8 Å². The van der Waals surface area contributed by atoms with Crippen molar-refractivity contribution >= 4 is 89.1 Å². The molecular weight excluding hydrogens is 882 g/mol. The summed E-state index contributed by atoms with van der Waals surface area (Å²) < 4.78 is 5.35. The minimum absolute atomic E-state index is 0.307. The van der Waals surface area contributed by atoms with Gasteiger partial charge in [0.2, 0.25) is 9.60 Å². The van der Waals surface area contributed by atoms with E-state index in [0.29, 0.717) is 32.1 Å². The zero-order valence-corrected chi connectivity index (χ0v) is 34.6. The Balaban J connectivity index is 1.04. The Hall–Kier alpha value is -6.12. The first-order valence-corrected chi connectivity index (χ1v) is 20.9. The molecule has 57 heavy (non-hydrogen) atoms. The van der Waals surface area contributed by atoms with Crippen molar-refractivity contribution in [1.29, 1.82) is 0 Å². The molecule has 0 aliphatic heterocycles. The summed E-state index contributed by atoms with van der Waals surface area (Å²) >= 11 is 9.89. The van der Waals surface area contributed by atoms with Crippen LogP contribution in [0.1, 0.15) is 20.7 Å². The van der Waals surface area contributed by atoms with Crippen molar-refractivity contribution < 1.29 is 9.59 Å². The number of nitrogens with zero attached hydrogens (tertiary/aromatic N) is 4. The lowest BCUT2D eigenvalue weighted by Crippen LogP contribution is -2.31. The fourth-order valence-corrected chi connectivity index (χ4v) is 8.10. The fraction of sp³-hybridized carbons (Fsp3) is 0. The van der Waals surface area contributed by atoms with Crippen LogP contribution in [-0.4, -0.2) is 21.2 Å². The van der Waals surface area contributed by atoms with Gasteiger partial charge in [-0.2, -0.15) is 0 Å². The molecule has 0 spiro atoms. The lowest BCUT2D eigenvalue weighted by molar-refractivity contribution is 0.1000. The maximum Gasteiger partial charge on any atom is 0.272 e. The maximum absolute atomic E-state index is 14.1. The number of amides is 2. The number of hydrogen-bond acceptors (Lipinski definition) is 7. The number of benzene rings is 6. The smallest absolute Gasteiger partial charge is 0.272 e. The molecule has 13 heteroatoms. The van der Waals surface area contributed by atoms with Crippen LogP contribution in [0.5, 0.6) is 0 Å². The van der Waals surface area contributed by atoms with Crippen LogP contribution in [0.25, 0.3) is 22.5 Å². The molecule has 3 N–H and O–H groups in total. The molecule has 0 aliphatic carbocycles. The van der Waals surface area contributed by atoms with E-state index >= 15 is 0 Å². The van der Waals surface area contributed by atoms with Gasteiger partial charge in [-0.3, -0.25) is 20.4 Å². The summed E-state index contributed by atoms with van der Waals surface area (Å²) in [6.07, 6.45) is 0.